The van der Waals surface area contributed by atoms with E-state index in [0.29, 0.717) is 11.4 Å². The summed E-state index contributed by atoms with van der Waals surface area (Å²) in [6.45, 7) is 7.83. The number of benzene rings is 2. The molecule has 1 atom stereocenters. The van der Waals surface area contributed by atoms with Crippen LogP contribution in [0.1, 0.15) is 36.5 Å². The van der Waals surface area contributed by atoms with Crippen molar-refractivity contribution < 1.29 is 13.6 Å². The van der Waals surface area contributed by atoms with Gasteiger partial charge in [0.05, 0.1) is 24.6 Å². The SMILES string of the molecule is CCOP(=O)(OCC)[C@H](Nc1c(C)n(C)n(-c2ccccc2)c1=O)c1ccc(C)cc1. The van der Waals surface area contributed by atoms with E-state index in [9.17, 15) is 9.36 Å². The lowest BCUT2D eigenvalue weighted by Gasteiger charge is -2.28. The third-order valence-corrected chi connectivity index (χ3v) is 7.46. The van der Waals surface area contributed by atoms with Crippen molar-refractivity contribution in [3.63, 3.8) is 0 Å². The largest absolute Gasteiger partial charge is 0.362 e. The van der Waals surface area contributed by atoms with E-state index in [1.165, 1.54) is 0 Å². The topological polar surface area (TPSA) is 74.5 Å². The zero-order valence-corrected chi connectivity index (χ0v) is 19.6. The highest BCUT2D eigenvalue weighted by Crippen LogP contribution is 2.60. The number of nitrogens with one attached hydrogen (secondary N) is 1. The zero-order valence-electron chi connectivity index (χ0n) is 18.7. The molecule has 3 rings (SSSR count). The van der Waals surface area contributed by atoms with Gasteiger partial charge in [0.25, 0.3) is 5.56 Å². The lowest BCUT2D eigenvalue weighted by Crippen LogP contribution is -2.23. The summed E-state index contributed by atoms with van der Waals surface area (Å²) in [5, 5.41) is 3.23. The summed E-state index contributed by atoms with van der Waals surface area (Å²) in [7, 11) is -1.80. The molecule has 1 aromatic heterocycles. The fourth-order valence-corrected chi connectivity index (χ4v) is 5.43. The second-order valence-electron chi connectivity index (χ2n) is 7.27. The van der Waals surface area contributed by atoms with Gasteiger partial charge in [0.15, 0.2) is 5.78 Å². The second-order valence-corrected chi connectivity index (χ2v) is 9.38. The number of rotatable bonds is 9. The molecule has 31 heavy (non-hydrogen) atoms. The number of anilines is 1. The van der Waals surface area contributed by atoms with Gasteiger partial charge in [-0.25, -0.2) is 4.68 Å². The molecule has 0 aliphatic heterocycles. The quantitative estimate of drug-likeness (QED) is 0.462. The Morgan fingerprint density at radius 1 is 0.968 bits per heavy atom. The fourth-order valence-electron chi connectivity index (χ4n) is 3.51. The van der Waals surface area contributed by atoms with Crippen LogP contribution in [0, 0.1) is 13.8 Å². The van der Waals surface area contributed by atoms with Crippen LogP contribution in [0.3, 0.4) is 0 Å². The Labute approximate surface area is 183 Å². The minimum atomic E-state index is -3.62. The minimum absolute atomic E-state index is 0.226. The van der Waals surface area contributed by atoms with Crippen molar-refractivity contribution in [2.45, 2.75) is 33.5 Å². The maximum absolute atomic E-state index is 13.8. The molecule has 1 N–H and O–H groups in total. The highest BCUT2D eigenvalue weighted by Gasteiger charge is 2.38. The van der Waals surface area contributed by atoms with Crippen molar-refractivity contribution in [2.24, 2.45) is 7.05 Å². The van der Waals surface area contributed by atoms with Crippen molar-refractivity contribution in [3.8, 4) is 5.69 Å². The van der Waals surface area contributed by atoms with Crippen molar-refractivity contribution in [2.75, 3.05) is 18.5 Å². The van der Waals surface area contributed by atoms with E-state index in [1.54, 1.807) is 23.2 Å². The lowest BCUT2D eigenvalue weighted by atomic mass is 10.1. The van der Waals surface area contributed by atoms with E-state index in [2.05, 4.69) is 5.32 Å². The van der Waals surface area contributed by atoms with E-state index in [4.69, 9.17) is 9.05 Å². The highest BCUT2D eigenvalue weighted by molar-refractivity contribution is 7.54. The summed E-state index contributed by atoms with van der Waals surface area (Å²) in [5.41, 5.74) is 3.39. The van der Waals surface area contributed by atoms with E-state index >= 15 is 0 Å². The molecule has 0 saturated carbocycles. The van der Waals surface area contributed by atoms with E-state index in [0.717, 1.165) is 16.8 Å². The maximum atomic E-state index is 13.8. The number of nitrogens with zero attached hydrogens (tertiary/aromatic N) is 2. The molecule has 166 valence electrons. The first-order chi connectivity index (χ1) is 14.8. The Balaban J connectivity index is 2.13. The summed E-state index contributed by atoms with van der Waals surface area (Å²) < 4.78 is 28.4. The van der Waals surface area contributed by atoms with Gasteiger partial charge in [-0.2, -0.15) is 0 Å². The van der Waals surface area contributed by atoms with Gasteiger partial charge in [-0.05, 0) is 45.4 Å². The van der Waals surface area contributed by atoms with Crippen LogP contribution in [-0.4, -0.2) is 22.6 Å². The van der Waals surface area contributed by atoms with Crippen LogP contribution in [0.15, 0.2) is 59.4 Å². The van der Waals surface area contributed by atoms with E-state index in [-0.39, 0.29) is 18.8 Å². The first-order valence-electron chi connectivity index (χ1n) is 10.4. The van der Waals surface area contributed by atoms with Gasteiger partial charge in [-0.3, -0.25) is 14.0 Å². The average molecular weight is 443 g/mol. The van der Waals surface area contributed by atoms with E-state index < -0.39 is 13.4 Å². The van der Waals surface area contributed by atoms with Gasteiger partial charge in [0.1, 0.15) is 5.69 Å². The summed E-state index contributed by atoms with van der Waals surface area (Å²) in [6.07, 6.45) is 0. The third-order valence-electron chi connectivity index (χ3n) is 5.16. The van der Waals surface area contributed by atoms with Crippen LogP contribution >= 0.6 is 7.60 Å². The van der Waals surface area contributed by atoms with Crippen LogP contribution in [-0.2, 0) is 20.7 Å². The second kappa shape index (κ2) is 9.69. The molecule has 1 heterocycles. The molecule has 7 nitrogen and oxygen atoms in total. The molecule has 0 amide bonds. The number of para-hydroxylation sites is 1. The fraction of sp³-hybridized carbons (Fsp3) is 0.348. The number of hydrogen-bond acceptors (Lipinski definition) is 5. The molecule has 0 saturated heterocycles. The first-order valence-corrected chi connectivity index (χ1v) is 12.0. The number of aromatic nitrogens is 2. The van der Waals surface area contributed by atoms with Crippen LogP contribution in [0.2, 0.25) is 0 Å². The molecule has 0 aliphatic carbocycles. The Hall–Kier alpha value is -2.60. The van der Waals surface area contributed by atoms with Crippen molar-refractivity contribution in [3.05, 3.63) is 81.8 Å². The number of hydrogen-bond donors (Lipinski definition) is 1. The van der Waals surface area contributed by atoms with Crippen molar-refractivity contribution in [1.82, 2.24) is 9.36 Å². The van der Waals surface area contributed by atoms with Crippen LogP contribution in [0.5, 0.6) is 0 Å². The Morgan fingerprint density at radius 2 is 1.55 bits per heavy atom. The van der Waals surface area contributed by atoms with Gasteiger partial charge in [-0.1, -0.05) is 48.0 Å². The number of aryl methyl sites for hydroxylation is 1. The molecule has 2 aromatic carbocycles. The Bertz CT molecular complexity index is 1110. The molecule has 0 spiro atoms. The Kier molecular flexibility index (Phi) is 7.21. The molecular weight excluding hydrogens is 413 g/mol. The maximum Gasteiger partial charge on any atom is 0.357 e. The van der Waals surface area contributed by atoms with Crippen molar-refractivity contribution >= 4 is 13.3 Å². The van der Waals surface area contributed by atoms with Crippen molar-refractivity contribution in [1.29, 1.82) is 0 Å². The molecule has 0 bridgehead atoms. The normalized spacial score (nSPS) is 12.7. The summed E-state index contributed by atoms with van der Waals surface area (Å²) >= 11 is 0. The first kappa shape index (κ1) is 23.1. The average Bonchev–Trinajstić information content (AvgIpc) is 2.96. The molecule has 0 unspecified atom stereocenters. The monoisotopic (exact) mass is 443 g/mol. The van der Waals surface area contributed by atoms with Gasteiger partial charge in [-0.15, -0.1) is 0 Å². The standard InChI is InChI=1S/C23H30N3O4P/c1-6-29-31(28,30-7-2)22(19-15-13-17(3)14-16-19)24-21-18(4)25(5)26(23(21)27)20-11-9-8-10-12-20/h8-16,22,24H,6-7H2,1-5H3/t22-/m0/s1. The van der Waals surface area contributed by atoms with E-state index in [1.807, 2.05) is 75.5 Å². The molecule has 8 heteroatoms. The van der Waals surface area contributed by atoms with Gasteiger partial charge in [0.2, 0.25) is 0 Å². The predicted octanol–water partition coefficient (Wildman–Crippen LogP) is 5.17. The minimum Gasteiger partial charge on any atom is -0.362 e. The van der Waals surface area contributed by atoms with Gasteiger partial charge in [0, 0.05) is 7.05 Å². The smallest absolute Gasteiger partial charge is 0.357 e. The van der Waals surface area contributed by atoms with Crippen LogP contribution in [0.25, 0.3) is 5.69 Å². The Morgan fingerprint density at radius 3 is 2.10 bits per heavy atom. The zero-order chi connectivity index (χ0) is 22.6. The third kappa shape index (κ3) is 4.69. The van der Waals surface area contributed by atoms with Gasteiger partial charge >= 0.3 is 7.60 Å². The summed E-state index contributed by atoms with van der Waals surface area (Å²) in [5.74, 6) is -0.828. The van der Waals surface area contributed by atoms with Crippen LogP contribution < -0.4 is 10.9 Å². The summed E-state index contributed by atoms with van der Waals surface area (Å²) in [4.78, 5) is 13.4. The molecule has 3 aromatic rings. The molecular formula is C23H30N3O4P. The molecule has 0 aliphatic rings. The predicted molar refractivity (Wildman–Crippen MR) is 124 cm³/mol. The molecule has 0 radical (unpaired) electrons. The highest BCUT2D eigenvalue weighted by atomic mass is 31.2. The summed E-state index contributed by atoms with van der Waals surface area (Å²) in [6, 6.07) is 17.0. The van der Waals surface area contributed by atoms with Crippen LogP contribution in [0.4, 0.5) is 5.69 Å². The lowest BCUT2D eigenvalue weighted by molar-refractivity contribution is 0.214. The van der Waals surface area contributed by atoms with Gasteiger partial charge < -0.3 is 14.4 Å². The molecule has 0 fully saturated rings.